The summed E-state index contributed by atoms with van der Waals surface area (Å²) in [5.41, 5.74) is 1.87. The van der Waals surface area contributed by atoms with Gasteiger partial charge in [0.2, 0.25) is 0 Å². The van der Waals surface area contributed by atoms with Crippen molar-refractivity contribution in [1.29, 1.82) is 0 Å². The summed E-state index contributed by atoms with van der Waals surface area (Å²) in [6.07, 6.45) is 0. The highest BCUT2D eigenvalue weighted by Gasteiger charge is 2.10. The van der Waals surface area contributed by atoms with Gasteiger partial charge in [-0.25, -0.2) is 9.97 Å². The first-order valence-corrected chi connectivity index (χ1v) is 9.53. The molecule has 0 saturated heterocycles. The smallest absolute Gasteiger partial charge is 0.190 e. The van der Waals surface area contributed by atoms with Crippen LogP contribution in [-0.2, 0) is 0 Å². The van der Waals surface area contributed by atoms with E-state index in [1.165, 1.54) is 11.3 Å². The first-order valence-electron chi connectivity index (χ1n) is 6.64. The predicted molar refractivity (Wildman–Crippen MR) is 99.9 cm³/mol. The quantitative estimate of drug-likeness (QED) is 0.480. The van der Waals surface area contributed by atoms with Crippen LogP contribution in [0.3, 0.4) is 0 Å². The van der Waals surface area contributed by atoms with Crippen LogP contribution in [0, 0.1) is 0 Å². The van der Waals surface area contributed by atoms with E-state index in [4.69, 9.17) is 16.3 Å². The second-order valence-corrected chi connectivity index (χ2v) is 8.22. The molecule has 0 aliphatic heterocycles. The van der Waals surface area contributed by atoms with Crippen LogP contribution < -0.4 is 10.1 Å². The fourth-order valence-corrected chi connectivity index (χ4v) is 4.82. The maximum absolute atomic E-state index is 5.98. The average Bonchev–Trinajstić information content (AvgIpc) is 3.25. The number of anilines is 2. The van der Waals surface area contributed by atoms with Gasteiger partial charge in [-0.2, -0.15) is 0 Å². The molecule has 0 amide bonds. The molecule has 0 fully saturated rings. The maximum atomic E-state index is 5.98. The summed E-state index contributed by atoms with van der Waals surface area (Å²) in [5.74, 6) is 0.832. The molecule has 0 aliphatic carbocycles. The number of hydrogen-bond donors (Lipinski definition) is 1. The zero-order valence-corrected chi connectivity index (χ0v) is 15.1. The normalized spacial score (nSPS) is 11.0. The highest BCUT2D eigenvalue weighted by atomic mass is 35.5. The van der Waals surface area contributed by atoms with Gasteiger partial charge in [0.05, 0.1) is 32.2 Å². The van der Waals surface area contributed by atoms with Crippen LogP contribution >= 0.6 is 45.6 Å². The van der Waals surface area contributed by atoms with E-state index in [0.29, 0.717) is 0 Å². The van der Waals surface area contributed by atoms with Gasteiger partial charge in [-0.15, -0.1) is 22.7 Å². The third kappa shape index (κ3) is 3.05. The van der Waals surface area contributed by atoms with Gasteiger partial charge in [0.25, 0.3) is 0 Å². The lowest BCUT2D eigenvalue weighted by Gasteiger charge is -1.96. The number of fused-ring (bicyclic) bond motifs is 1. The number of ether oxygens (including phenoxy) is 1. The Morgan fingerprint density at radius 2 is 2.00 bits per heavy atom. The highest BCUT2D eigenvalue weighted by Crippen LogP contribution is 2.35. The summed E-state index contributed by atoms with van der Waals surface area (Å²) in [6, 6.07) is 9.72. The maximum Gasteiger partial charge on any atom is 0.190 e. The number of thiazole rings is 2. The van der Waals surface area contributed by atoms with Crippen molar-refractivity contribution in [3.63, 3.8) is 0 Å². The molecule has 0 spiro atoms. The number of benzene rings is 1. The SMILES string of the molecule is COc1ccc2nc(Nc3nc(-c4ccc(Cl)s4)cs3)sc2c1. The second-order valence-electron chi connectivity index (χ2n) is 4.62. The van der Waals surface area contributed by atoms with E-state index in [1.807, 2.05) is 35.7 Å². The Morgan fingerprint density at radius 1 is 1.09 bits per heavy atom. The van der Waals surface area contributed by atoms with Gasteiger partial charge >= 0.3 is 0 Å². The molecule has 116 valence electrons. The molecule has 1 N–H and O–H groups in total. The molecule has 0 aliphatic rings. The van der Waals surface area contributed by atoms with Crippen LogP contribution in [0.4, 0.5) is 10.3 Å². The summed E-state index contributed by atoms with van der Waals surface area (Å²) in [6.45, 7) is 0. The number of thiophene rings is 1. The molecule has 0 saturated carbocycles. The summed E-state index contributed by atoms with van der Waals surface area (Å²) in [7, 11) is 1.66. The molecule has 3 heterocycles. The van der Waals surface area contributed by atoms with Gasteiger partial charge < -0.3 is 10.1 Å². The standard InChI is InChI=1S/C15H10ClN3OS3/c1-20-8-2-3-9-12(6-8)23-15(17-9)19-14-18-10(7-21-14)11-4-5-13(16)22-11/h2-7H,1H3,(H,17,18,19). The number of nitrogens with one attached hydrogen (secondary N) is 1. The van der Waals surface area contributed by atoms with Gasteiger partial charge in [-0.1, -0.05) is 22.9 Å². The Morgan fingerprint density at radius 3 is 2.78 bits per heavy atom. The van der Waals surface area contributed by atoms with Gasteiger partial charge in [-0.05, 0) is 30.3 Å². The van der Waals surface area contributed by atoms with Gasteiger partial charge in [0.15, 0.2) is 10.3 Å². The number of aromatic nitrogens is 2. The van der Waals surface area contributed by atoms with Crippen molar-refractivity contribution in [2.75, 3.05) is 12.4 Å². The van der Waals surface area contributed by atoms with Crippen LogP contribution in [0.15, 0.2) is 35.7 Å². The van der Waals surface area contributed by atoms with E-state index in [-0.39, 0.29) is 0 Å². The molecule has 1 aromatic carbocycles. The highest BCUT2D eigenvalue weighted by molar-refractivity contribution is 7.23. The molecule has 0 radical (unpaired) electrons. The largest absolute Gasteiger partial charge is 0.497 e. The lowest BCUT2D eigenvalue weighted by Crippen LogP contribution is -1.87. The average molecular weight is 380 g/mol. The lowest BCUT2D eigenvalue weighted by atomic mass is 10.3. The van der Waals surface area contributed by atoms with Crippen molar-refractivity contribution in [1.82, 2.24) is 9.97 Å². The Kier molecular flexibility index (Phi) is 3.94. The molecule has 4 rings (SSSR count). The van der Waals surface area contributed by atoms with E-state index in [0.717, 1.165) is 41.1 Å². The minimum atomic E-state index is 0.766. The van der Waals surface area contributed by atoms with Crippen LogP contribution in [-0.4, -0.2) is 17.1 Å². The zero-order chi connectivity index (χ0) is 15.8. The van der Waals surface area contributed by atoms with Crippen molar-refractivity contribution >= 4 is 66.1 Å². The van der Waals surface area contributed by atoms with Crippen molar-refractivity contribution in [2.45, 2.75) is 0 Å². The molecule has 8 heteroatoms. The summed E-state index contributed by atoms with van der Waals surface area (Å²) >= 11 is 10.6. The van der Waals surface area contributed by atoms with E-state index in [9.17, 15) is 0 Å². The molecule has 3 aromatic heterocycles. The number of rotatable bonds is 4. The van der Waals surface area contributed by atoms with Gasteiger partial charge in [0.1, 0.15) is 5.75 Å². The summed E-state index contributed by atoms with van der Waals surface area (Å²) < 4.78 is 7.09. The zero-order valence-electron chi connectivity index (χ0n) is 11.9. The molecule has 0 atom stereocenters. The van der Waals surface area contributed by atoms with Crippen molar-refractivity contribution in [3.05, 3.63) is 40.0 Å². The van der Waals surface area contributed by atoms with E-state index in [2.05, 4.69) is 15.3 Å². The number of methoxy groups -OCH3 is 1. The fourth-order valence-electron chi connectivity index (χ4n) is 2.07. The van der Waals surface area contributed by atoms with Crippen LogP contribution in [0.5, 0.6) is 5.75 Å². The monoisotopic (exact) mass is 379 g/mol. The number of halogens is 1. The Labute approximate surface area is 149 Å². The summed E-state index contributed by atoms with van der Waals surface area (Å²) in [5, 5.41) is 6.92. The first-order chi connectivity index (χ1) is 11.2. The minimum absolute atomic E-state index is 0.766. The minimum Gasteiger partial charge on any atom is -0.497 e. The third-order valence-corrected chi connectivity index (χ3v) is 6.08. The molecule has 23 heavy (non-hydrogen) atoms. The Bertz CT molecular complexity index is 975. The summed E-state index contributed by atoms with van der Waals surface area (Å²) in [4.78, 5) is 10.2. The van der Waals surface area contributed by atoms with Crippen LogP contribution in [0.1, 0.15) is 0 Å². The fraction of sp³-hybridized carbons (Fsp3) is 0.0667. The molecule has 0 unspecified atom stereocenters. The van der Waals surface area contributed by atoms with Gasteiger partial charge in [-0.3, -0.25) is 0 Å². The first kappa shape index (κ1) is 14.9. The molecule has 4 nitrogen and oxygen atoms in total. The third-order valence-electron chi connectivity index (χ3n) is 3.14. The molecule has 4 aromatic rings. The molecular formula is C15H10ClN3OS3. The molecule has 0 bridgehead atoms. The van der Waals surface area contributed by atoms with E-state index < -0.39 is 0 Å². The van der Waals surface area contributed by atoms with Crippen LogP contribution in [0.2, 0.25) is 4.34 Å². The molecular weight excluding hydrogens is 370 g/mol. The lowest BCUT2D eigenvalue weighted by molar-refractivity contribution is 0.415. The van der Waals surface area contributed by atoms with Crippen molar-refractivity contribution < 1.29 is 4.74 Å². The van der Waals surface area contributed by atoms with Gasteiger partial charge in [0, 0.05) is 5.38 Å². The van der Waals surface area contributed by atoms with Crippen molar-refractivity contribution in [2.24, 2.45) is 0 Å². The Balaban J connectivity index is 1.59. The number of hydrogen-bond acceptors (Lipinski definition) is 7. The van der Waals surface area contributed by atoms with E-state index in [1.54, 1.807) is 29.8 Å². The topological polar surface area (TPSA) is 47.0 Å². The van der Waals surface area contributed by atoms with Crippen LogP contribution in [0.25, 0.3) is 20.8 Å². The van der Waals surface area contributed by atoms with Crippen molar-refractivity contribution in [3.8, 4) is 16.3 Å². The second kappa shape index (κ2) is 6.09. The van der Waals surface area contributed by atoms with E-state index >= 15 is 0 Å². The predicted octanol–water partition coefficient (Wildman–Crippen LogP) is 5.89. The number of nitrogens with zero attached hydrogens (tertiary/aromatic N) is 2. The Hall–Kier alpha value is -1.67.